The molecule has 0 atom stereocenters. The van der Waals surface area contributed by atoms with Crippen LogP contribution in [-0.4, -0.2) is 19.7 Å². The summed E-state index contributed by atoms with van der Waals surface area (Å²) in [5.74, 6) is -0.677. The Morgan fingerprint density at radius 1 is 1.16 bits per heavy atom. The number of aromatic nitrogens is 1. The van der Waals surface area contributed by atoms with Crippen molar-refractivity contribution < 1.29 is 17.6 Å². The molecular formula is C12H9FN2O3S. The van der Waals surface area contributed by atoms with Crippen LogP contribution in [0.25, 0.3) is 0 Å². The van der Waals surface area contributed by atoms with E-state index in [1.54, 1.807) is 0 Å². The van der Waals surface area contributed by atoms with E-state index in [9.17, 15) is 17.6 Å². The number of rotatable bonds is 4. The standard InChI is InChI=1S/C12H9FN2O3S/c13-11-3-1-2-4-12(11)15-19(17,18)10-6-5-9(8-16)14-7-10/h1-8,15H. The van der Waals surface area contributed by atoms with Crippen molar-refractivity contribution in [2.75, 3.05) is 4.72 Å². The largest absolute Gasteiger partial charge is 0.296 e. The van der Waals surface area contributed by atoms with E-state index in [0.29, 0.717) is 6.29 Å². The highest BCUT2D eigenvalue weighted by atomic mass is 32.2. The zero-order valence-corrected chi connectivity index (χ0v) is 10.4. The molecule has 0 saturated carbocycles. The molecule has 0 radical (unpaired) electrons. The Hall–Kier alpha value is -2.28. The maximum atomic E-state index is 13.4. The maximum Gasteiger partial charge on any atom is 0.263 e. The molecule has 98 valence electrons. The molecule has 19 heavy (non-hydrogen) atoms. The minimum Gasteiger partial charge on any atom is -0.296 e. The lowest BCUT2D eigenvalue weighted by Gasteiger charge is -2.08. The first-order chi connectivity index (χ1) is 9.03. The molecule has 0 unspecified atom stereocenters. The molecule has 0 saturated heterocycles. The highest BCUT2D eigenvalue weighted by Gasteiger charge is 2.16. The third-order valence-electron chi connectivity index (χ3n) is 2.31. The zero-order chi connectivity index (χ0) is 13.9. The van der Waals surface area contributed by atoms with Crippen LogP contribution in [-0.2, 0) is 10.0 Å². The van der Waals surface area contributed by atoms with Crippen molar-refractivity contribution in [3.05, 3.63) is 54.1 Å². The van der Waals surface area contributed by atoms with Crippen molar-refractivity contribution in [1.29, 1.82) is 0 Å². The third kappa shape index (κ3) is 2.94. The molecule has 1 aromatic heterocycles. The van der Waals surface area contributed by atoms with Crippen molar-refractivity contribution in [2.24, 2.45) is 0 Å². The number of para-hydroxylation sites is 1. The van der Waals surface area contributed by atoms with Crippen molar-refractivity contribution in [1.82, 2.24) is 4.98 Å². The molecule has 1 aromatic carbocycles. The van der Waals surface area contributed by atoms with Crippen LogP contribution in [0.3, 0.4) is 0 Å². The van der Waals surface area contributed by atoms with Crippen molar-refractivity contribution in [3.63, 3.8) is 0 Å². The van der Waals surface area contributed by atoms with Gasteiger partial charge in [-0.1, -0.05) is 12.1 Å². The summed E-state index contributed by atoms with van der Waals surface area (Å²) in [6.45, 7) is 0. The van der Waals surface area contributed by atoms with E-state index in [2.05, 4.69) is 9.71 Å². The van der Waals surface area contributed by atoms with Crippen LogP contribution >= 0.6 is 0 Å². The maximum absolute atomic E-state index is 13.4. The van der Waals surface area contributed by atoms with Crippen LogP contribution < -0.4 is 4.72 Å². The van der Waals surface area contributed by atoms with E-state index in [0.717, 1.165) is 12.3 Å². The number of halogens is 1. The average molecular weight is 280 g/mol. The number of nitrogens with one attached hydrogen (secondary N) is 1. The number of nitrogens with zero attached hydrogens (tertiary/aromatic N) is 1. The van der Waals surface area contributed by atoms with Crippen molar-refractivity contribution in [2.45, 2.75) is 4.90 Å². The molecule has 2 rings (SSSR count). The lowest BCUT2D eigenvalue weighted by molar-refractivity contribution is 0.111. The number of aldehydes is 1. The monoisotopic (exact) mass is 280 g/mol. The Bertz CT molecular complexity index is 699. The number of carbonyl (C=O) groups excluding carboxylic acids is 1. The molecule has 2 aromatic rings. The number of anilines is 1. The Labute approximate surface area is 109 Å². The molecule has 0 aliphatic rings. The Balaban J connectivity index is 2.32. The van der Waals surface area contributed by atoms with Gasteiger partial charge < -0.3 is 0 Å². The first-order valence-corrected chi connectivity index (χ1v) is 6.70. The van der Waals surface area contributed by atoms with E-state index in [4.69, 9.17) is 0 Å². The number of carbonyl (C=O) groups is 1. The lowest BCUT2D eigenvalue weighted by Crippen LogP contribution is -2.14. The second-order valence-electron chi connectivity index (χ2n) is 3.62. The topological polar surface area (TPSA) is 76.1 Å². The normalized spacial score (nSPS) is 11.0. The number of benzene rings is 1. The summed E-state index contributed by atoms with van der Waals surface area (Å²) >= 11 is 0. The summed E-state index contributed by atoms with van der Waals surface area (Å²) in [5, 5.41) is 0. The summed E-state index contributed by atoms with van der Waals surface area (Å²) < 4.78 is 39.4. The fourth-order valence-corrected chi connectivity index (χ4v) is 2.38. The van der Waals surface area contributed by atoms with Crippen LogP contribution in [0.2, 0.25) is 0 Å². The highest BCUT2D eigenvalue weighted by molar-refractivity contribution is 7.92. The van der Waals surface area contributed by atoms with E-state index in [1.165, 1.54) is 30.3 Å². The fraction of sp³-hybridized carbons (Fsp3) is 0. The number of pyridine rings is 1. The molecule has 7 heteroatoms. The quantitative estimate of drug-likeness (QED) is 0.867. The van der Waals surface area contributed by atoms with E-state index < -0.39 is 15.8 Å². The van der Waals surface area contributed by atoms with Crippen molar-refractivity contribution >= 4 is 22.0 Å². The molecule has 1 heterocycles. The molecule has 0 spiro atoms. The smallest absolute Gasteiger partial charge is 0.263 e. The molecule has 0 bridgehead atoms. The SMILES string of the molecule is O=Cc1ccc(S(=O)(=O)Nc2ccccc2F)cn1. The summed E-state index contributed by atoms with van der Waals surface area (Å²) in [7, 11) is -3.93. The molecule has 0 aliphatic carbocycles. The Morgan fingerprint density at radius 2 is 1.89 bits per heavy atom. The van der Waals surface area contributed by atoms with Crippen LogP contribution in [0.4, 0.5) is 10.1 Å². The van der Waals surface area contributed by atoms with Crippen LogP contribution in [0.15, 0.2) is 47.5 Å². The van der Waals surface area contributed by atoms with Gasteiger partial charge in [-0.05, 0) is 24.3 Å². The van der Waals surface area contributed by atoms with Gasteiger partial charge in [0, 0.05) is 6.20 Å². The Morgan fingerprint density at radius 3 is 2.47 bits per heavy atom. The zero-order valence-electron chi connectivity index (χ0n) is 9.58. The predicted molar refractivity (Wildman–Crippen MR) is 66.8 cm³/mol. The first-order valence-electron chi connectivity index (χ1n) is 5.21. The second-order valence-corrected chi connectivity index (χ2v) is 5.30. The van der Waals surface area contributed by atoms with Crippen molar-refractivity contribution in [3.8, 4) is 0 Å². The van der Waals surface area contributed by atoms with Gasteiger partial charge in [-0.25, -0.2) is 12.8 Å². The number of sulfonamides is 1. The summed E-state index contributed by atoms with van der Waals surface area (Å²) in [6, 6.07) is 7.90. The number of hydrogen-bond acceptors (Lipinski definition) is 4. The van der Waals surface area contributed by atoms with Gasteiger partial charge in [0.1, 0.15) is 16.4 Å². The molecule has 5 nitrogen and oxygen atoms in total. The summed E-state index contributed by atoms with van der Waals surface area (Å²) in [4.78, 5) is 13.9. The molecule has 0 amide bonds. The van der Waals surface area contributed by atoms with Crippen LogP contribution in [0, 0.1) is 5.82 Å². The van der Waals surface area contributed by atoms with Gasteiger partial charge in [-0.15, -0.1) is 0 Å². The fourth-order valence-electron chi connectivity index (χ4n) is 1.37. The third-order valence-corrected chi connectivity index (χ3v) is 3.66. The van der Waals surface area contributed by atoms with Gasteiger partial charge in [-0.3, -0.25) is 14.5 Å². The Kier molecular flexibility index (Phi) is 3.57. The van der Waals surface area contributed by atoms with Gasteiger partial charge in [-0.2, -0.15) is 0 Å². The average Bonchev–Trinajstić information content (AvgIpc) is 2.41. The van der Waals surface area contributed by atoms with Crippen LogP contribution in [0.5, 0.6) is 0 Å². The minimum absolute atomic E-state index is 0.116. The van der Waals surface area contributed by atoms with Crippen LogP contribution in [0.1, 0.15) is 10.5 Å². The molecule has 0 fully saturated rings. The minimum atomic E-state index is -3.93. The highest BCUT2D eigenvalue weighted by Crippen LogP contribution is 2.18. The second kappa shape index (κ2) is 5.15. The van der Waals surface area contributed by atoms with Gasteiger partial charge in [0.25, 0.3) is 10.0 Å². The molecule has 1 N–H and O–H groups in total. The van der Waals surface area contributed by atoms with Gasteiger partial charge >= 0.3 is 0 Å². The predicted octanol–water partition coefficient (Wildman–Crippen LogP) is 1.83. The number of hydrogen-bond donors (Lipinski definition) is 1. The molecule has 0 aliphatic heterocycles. The van der Waals surface area contributed by atoms with Gasteiger partial charge in [0.05, 0.1) is 5.69 Å². The van der Waals surface area contributed by atoms with E-state index in [-0.39, 0.29) is 16.3 Å². The first kappa shape index (κ1) is 13.2. The molecular weight excluding hydrogens is 271 g/mol. The lowest BCUT2D eigenvalue weighted by atomic mass is 10.3. The summed E-state index contributed by atoms with van der Waals surface area (Å²) in [5.41, 5.74) is -0.0354. The van der Waals surface area contributed by atoms with E-state index >= 15 is 0 Å². The van der Waals surface area contributed by atoms with Gasteiger partial charge in [0.15, 0.2) is 6.29 Å². The summed E-state index contributed by atoms with van der Waals surface area (Å²) in [6.07, 6.45) is 1.54. The van der Waals surface area contributed by atoms with Gasteiger partial charge in [0.2, 0.25) is 0 Å². The van der Waals surface area contributed by atoms with E-state index in [1.807, 2.05) is 0 Å².